The maximum absolute atomic E-state index is 11.8. The number of likely N-dealkylation sites (tertiary alicyclic amines) is 1. The average molecular weight is 281 g/mol. The number of carbonyl (C=O) groups excluding carboxylic acids is 3. The zero-order valence-corrected chi connectivity index (χ0v) is 14.9. The van der Waals surface area contributed by atoms with Crippen LogP contribution in [0.15, 0.2) is 0 Å². The molecule has 0 radical (unpaired) electrons. The molecular formula is C12H20KNO4. The number of Topliss-reactive ketones (excluding diaryl/α,β-unsaturated/α-hetero) is 1. The third kappa shape index (κ3) is 4.73. The van der Waals surface area contributed by atoms with Gasteiger partial charge in [0, 0.05) is 13.0 Å². The second-order valence-electron chi connectivity index (χ2n) is 5.13. The number of hydrogen-bond acceptors (Lipinski definition) is 4. The van der Waals surface area contributed by atoms with Crippen molar-refractivity contribution in [2.45, 2.75) is 46.1 Å². The van der Waals surface area contributed by atoms with Crippen LogP contribution in [0.25, 0.3) is 0 Å². The van der Waals surface area contributed by atoms with Gasteiger partial charge in [-0.1, -0.05) is 6.92 Å². The first-order chi connectivity index (χ1) is 7.76. The van der Waals surface area contributed by atoms with Crippen LogP contribution in [0.4, 0.5) is 4.79 Å². The molecule has 0 aliphatic carbocycles. The molecular weight excluding hydrogens is 261 g/mol. The van der Waals surface area contributed by atoms with Crippen molar-refractivity contribution < 1.29 is 71.9 Å². The maximum Gasteiger partial charge on any atom is 1.00 e. The molecule has 0 aromatic heterocycles. The number of imide groups is 1. The predicted molar refractivity (Wildman–Crippen MR) is 62.5 cm³/mol. The Balaban J connectivity index is 0. The fourth-order valence-corrected chi connectivity index (χ4v) is 1.72. The van der Waals surface area contributed by atoms with E-state index in [1.54, 1.807) is 27.7 Å². The average Bonchev–Trinajstić information content (AvgIpc) is 2.56. The quantitative estimate of drug-likeness (QED) is 0.474. The topological polar surface area (TPSA) is 63.7 Å². The molecule has 2 amide bonds. The van der Waals surface area contributed by atoms with Crippen molar-refractivity contribution in [3.8, 4) is 0 Å². The molecule has 0 aromatic rings. The van der Waals surface area contributed by atoms with Gasteiger partial charge in [0.15, 0.2) is 0 Å². The summed E-state index contributed by atoms with van der Waals surface area (Å²) in [7, 11) is 0. The van der Waals surface area contributed by atoms with Crippen molar-refractivity contribution in [1.29, 1.82) is 0 Å². The van der Waals surface area contributed by atoms with Crippen LogP contribution >= 0.6 is 0 Å². The van der Waals surface area contributed by atoms with Crippen molar-refractivity contribution in [1.82, 2.24) is 4.90 Å². The summed E-state index contributed by atoms with van der Waals surface area (Å²) in [5.74, 6) is -1.19. The maximum atomic E-state index is 11.8. The first-order valence-electron chi connectivity index (χ1n) is 5.83. The normalized spacial score (nSPS) is 19.4. The molecule has 1 saturated heterocycles. The van der Waals surface area contributed by atoms with Gasteiger partial charge >= 0.3 is 57.5 Å². The Kier molecular flexibility index (Phi) is 7.24. The number of ether oxygens (including phenoxy) is 1. The van der Waals surface area contributed by atoms with Crippen LogP contribution in [-0.2, 0) is 14.3 Å². The summed E-state index contributed by atoms with van der Waals surface area (Å²) in [6, 6.07) is 0. The molecule has 0 N–H and O–H groups in total. The summed E-state index contributed by atoms with van der Waals surface area (Å²) < 4.78 is 5.11. The van der Waals surface area contributed by atoms with E-state index >= 15 is 0 Å². The van der Waals surface area contributed by atoms with Crippen LogP contribution in [-0.4, -0.2) is 34.8 Å². The van der Waals surface area contributed by atoms with E-state index in [0.29, 0.717) is 12.8 Å². The Morgan fingerprint density at radius 1 is 1.44 bits per heavy atom. The minimum Gasteiger partial charge on any atom is -1.00 e. The minimum absolute atomic E-state index is 0. The molecule has 0 aromatic carbocycles. The van der Waals surface area contributed by atoms with Crippen molar-refractivity contribution >= 4 is 17.8 Å². The third-order valence-electron chi connectivity index (χ3n) is 2.56. The fraction of sp³-hybridized carbons (Fsp3) is 0.750. The van der Waals surface area contributed by atoms with E-state index < -0.39 is 23.5 Å². The SMILES string of the molecule is CCC(=O)C1CCN(C(=O)OC(C)(C)C)C1=O.[H-].[K+]. The molecule has 0 spiro atoms. The van der Waals surface area contributed by atoms with Crippen molar-refractivity contribution in [2.24, 2.45) is 5.92 Å². The molecule has 1 atom stereocenters. The van der Waals surface area contributed by atoms with Crippen LogP contribution in [0.2, 0.25) is 0 Å². The summed E-state index contributed by atoms with van der Waals surface area (Å²) in [6.07, 6.45) is 0.0671. The summed E-state index contributed by atoms with van der Waals surface area (Å²) in [5.41, 5.74) is -0.635. The van der Waals surface area contributed by atoms with Crippen molar-refractivity contribution in [2.75, 3.05) is 6.54 Å². The zero-order chi connectivity index (χ0) is 13.2. The summed E-state index contributed by atoms with van der Waals surface area (Å²) in [6.45, 7) is 7.19. The van der Waals surface area contributed by atoms with Gasteiger partial charge in [0.25, 0.3) is 0 Å². The molecule has 1 aliphatic rings. The number of rotatable bonds is 2. The minimum atomic E-state index is -0.660. The standard InChI is InChI=1S/C12H19NO4.K.H/c1-5-9(14)8-6-7-13(10(8)15)11(16)17-12(2,3)4;;/h8H,5-7H2,1-4H3;;/q;+1;-1. The Morgan fingerprint density at radius 2 is 2.00 bits per heavy atom. The van der Waals surface area contributed by atoms with Gasteiger partial charge in [-0.3, -0.25) is 9.59 Å². The number of hydrogen-bond donors (Lipinski definition) is 0. The van der Waals surface area contributed by atoms with Crippen LogP contribution in [0.1, 0.15) is 42.0 Å². The smallest absolute Gasteiger partial charge is 1.00 e. The van der Waals surface area contributed by atoms with Crippen LogP contribution in [0, 0.1) is 5.92 Å². The number of nitrogens with zero attached hydrogens (tertiary/aromatic N) is 1. The van der Waals surface area contributed by atoms with Gasteiger partial charge in [0.05, 0.1) is 5.92 Å². The molecule has 0 bridgehead atoms. The van der Waals surface area contributed by atoms with E-state index in [2.05, 4.69) is 0 Å². The first-order valence-corrected chi connectivity index (χ1v) is 5.83. The number of ketones is 1. The van der Waals surface area contributed by atoms with Crippen LogP contribution in [0.3, 0.4) is 0 Å². The monoisotopic (exact) mass is 281 g/mol. The van der Waals surface area contributed by atoms with Gasteiger partial charge in [-0.15, -0.1) is 0 Å². The first kappa shape index (κ1) is 18.2. The molecule has 1 aliphatic heterocycles. The second kappa shape index (κ2) is 7.14. The van der Waals surface area contributed by atoms with Gasteiger partial charge in [0.2, 0.25) is 5.91 Å². The Bertz CT molecular complexity index is 354. The van der Waals surface area contributed by atoms with E-state index in [0.717, 1.165) is 4.90 Å². The Hall–Kier alpha value is 0.246. The van der Waals surface area contributed by atoms with Gasteiger partial charge in [-0.2, -0.15) is 0 Å². The summed E-state index contributed by atoms with van der Waals surface area (Å²) in [4.78, 5) is 36.0. The number of amides is 2. The Morgan fingerprint density at radius 3 is 2.44 bits per heavy atom. The molecule has 1 rings (SSSR count). The molecule has 1 fully saturated rings. The second-order valence-corrected chi connectivity index (χ2v) is 5.13. The fourth-order valence-electron chi connectivity index (χ4n) is 1.72. The van der Waals surface area contributed by atoms with E-state index in [9.17, 15) is 14.4 Å². The number of carbonyl (C=O) groups is 3. The van der Waals surface area contributed by atoms with E-state index in [4.69, 9.17) is 4.74 Å². The van der Waals surface area contributed by atoms with Crippen molar-refractivity contribution in [3.05, 3.63) is 0 Å². The zero-order valence-electron chi connectivity index (χ0n) is 12.8. The molecule has 6 heteroatoms. The molecule has 1 heterocycles. The molecule has 98 valence electrons. The largest absolute Gasteiger partial charge is 1.00 e. The van der Waals surface area contributed by atoms with Crippen LogP contribution < -0.4 is 51.4 Å². The van der Waals surface area contributed by atoms with E-state index in [-0.39, 0.29) is 65.1 Å². The molecule has 0 saturated carbocycles. The van der Waals surface area contributed by atoms with E-state index in [1.807, 2.05) is 0 Å². The van der Waals surface area contributed by atoms with Gasteiger partial charge in [-0.05, 0) is 27.2 Å². The summed E-state index contributed by atoms with van der Waals surface area (Å²) >= 11 is 0. The summed E-state index contributed by atoms with van der Waals surface area (Å²) in [5, 5.41) is 0. The molecule has 18 heavy (non-hydrogen) atoms. The van der Waals surface area contributed by atoms with Gasteiger partial charge in [0.1, 0.15) is 11.4 Å². The third-order valence-corrected chi connectivity index (χ3v) is 2.56. The van der Waals surface area contributed by atoms with Crippen molar-refractivity contribution in [3.63, 3.8) is 0 Å². The van der Waals surface area contributed by atoms with E-state index in [1.165, 1.54) is 0 Å². The Labute approximate surface area is 152 Å². The van der Waals surface area contributed by atoms with Gasteiger partial charge in [-0.25, -0.2) is 9.69 Å². The van der Waals surface area contributed by atoms with Crippen LogP contribution in [0.5, 0.6) is 0 Å². The molecule has 1 unspecified atom stereocenters. The predicted octanol–water partition coefficient (Wildman–Crippen LogP) is -1.13. The molecule has 5 nitrogen and oxygen atoms in total. The van der Waals surface area contributed by atoms with Gasteiger partial charge < -0.3 is 6.16 Å².